The van der Waals surface area contributed by atoms with Crippen molar-refractivity contribution in [3.63, 3.8) is 0 Å². The van der Waals surface area contributed by atoms with Gasteiger partial charge in [-0.2, -0.15) is 0 Å². The number of hydrogen-bond acceptors (Lipinski definition) is 5. The molecule has 2 aromatic heterocycles. The summed E-state index contributed by atoms with van der Waals surface area (Å²) >= 11 is 0. The fraction of sp³-hybridized carbons (Fsp3) is 0.333. The third-order valence-electron chi connectivity index (χ3n) is 4.61. The second-order valence-corrected chi connectivity index (χ2v) is 6.18. The lowest BCUT2D eigenvalue weighted by atomic mass is 10.2. The van der Waals surface area contributed by atoms with Gasteiger partial charge in [0.15, 0.2) is 5.65 Å². The van der Waals surface area contributed by atoms with E-state index in [1.807, 2.05) is 19.1 Å². The van der Waals surface area contributed by atoms with Crippen LogP contribution in [0.25, 0.3) is 11.2 Å². The van der Waals surface area contributed by atoms with Crippen molar-refractivity contribution in [1.82, 2.24) is 24.4 Å². The van der Waals surface area contributed by atoms with Gasteiger partial charge in [0.1, 0.15) is 17.6 Å². The number of ether oxygens (including phenoxy) is 1. The molecular formula is C18H19N5O3. The van der Waals surface area contributed by atoms with E-state index in [4.69, 9.17) is 4.74 Å². The van der Waals surface area contributed by atoms with E-state index in [9.17, 15) is 9.59 Å². The normalized spacial score (nSPS) is 17.0. The van der Waals surface area contributed by atoms with Crippen LogP contribution in [0.4, 0.5) is 0 Å². The number of fused-ring (bicyclic) bond motifs is 1. The lowest BCUT2D eigenvalue weighted by Gasteiger charge is -2.18. The highest BCUT2D eigenvalue weighted by Crippen LogP contribution is 2.27. The van der Waals surface area contributed by atoms with Gasteiger partial charge in [-0.3, -0.25) is 9.36 Å². The summed E-state index contributed by atoms with van der Waals surface area (Å²) in [5, 5.41) is 0. The Kier molecular flexibility index (Phi) is 4.16. The minimum atomic E-state index is -0.227. The molecule has 3 heterocycles. The fourth-order valence-electron chi connectivity index (χ4n) is 3.45. The maximum Gasteiger partial charge on any atom is 0.328 e. The third-order valence-corrected chi connectivity index (χ3v) is 4.61. The molecule has 1 N–H and O–H groups in total. The van der Waals surface area contributed by atoms with Crippen molar-refractivity contribution < 1.29 is 9.53 Å². The van der Waals surface area contributed by atoms with Crippen LogP contribution in [-0.2, 0) is 0 Å². The molecule has 8 nitrogen and oxygen atoms in total. The Bertz CT molecular complexity index is 1010. The number of H-pyrrole nitrogens is 1. The number of likely N-dealkylation sites (tertiary alicyclic amines) is 1. The molecule has 26 heavy (non-hydrogen) atoms. The second-order valence-electron chi connectivity index (χ2n) is 6.18. The van der Waals surface area contributed by atoms with Crippen molar-refractivity contribution >= 4 is 17.1 Å². The highest BCUT2D eigenvalue weighted by molar-refractivity contribution is 5.97. The Morgan fingerprint density at radius 3 is 3.08 bits per heavy atom. The van der Waals surface area contributed by atoms with Crippen LogP contribution >= 0.6 is 0 Å². The minimum Gasteiger partial charge on any atom is -0.493 e. The van der Waals surface area contributed by atoms with Gasteiger partial charge in [0.2, 0.25) is 0 Å². The fourth-order valence-corrected chi connectivity index (χ4v) is 3.45. The van der Waals surface area contributed by atoms with Gasteiger partial charge in [-0.05, 0) is 25.5 Å². The number of aromatic nitrogens is 4. The Balaban J connectivity index is 1.60. The van der Waals surface area contributed by atoms with Crippen LogP contribution in [-0.4, -0.2) is 50.0 Å². The highest BCUT2D eigenvalue weighted by Gasteiger charge is 2.31. The Morgan fingerprint density at radius 2 is 2.23 bits per heavy atom. The van der Waals surface area contributed by atoms with Crippen molar-refractivity contribution in [3.8, 4) is 5.75 Å². The summed E-state index contributed by atoms with van der Waals surface area (Å²) < 4.78 is 7.19. The topological polar surface area (TPSA) is 93.1 Å². The minimum absolute atomic E-state index is 0.0842. The lowest BCUT2D eigenvalue weighted by Crippen LogP contribution is -2.31. The molecule has 0 radical (unpaired) electrons. The van der Waals surface area contributed by atoms with Crippen LogP contribution in [0.3, 0.4) is 0 Å². The number of carbonyl (C=O) groups excluding carboxylic acids is 1. The molecule has 0 bridgehead atoms. The summed E-state index contributed by atoms with van der Waals surface area (Å²) in [6.45, 7) is 3.42. The summed E-state index contributed by atoms with van der Waals surface area (Å²) in [5.41, 5.74) is 1.49. The van der Waals surface area contributed by atoms with Crippen LogP contribution in [0, 0.1) is 0 Å². The number of benzene rings is 1. The maximum absolute atomic E-state index is 12.9. The van der Waals surface area contributed by atoms with Crippen molar-refractivity contribution in [3.05, 3.63) is 52.8 Å². The summed E-state index contributed by atoms with van der Waals surface area (Å²) in [4.78, 5) is 37.9. The summed E-state index contributed by atoms with van der Waals surface area (Å²) in [6, 6.07) is 7.12. The molecule has 1 aliphatic heterocycles. The second kappa shape index (κ2) is 6.62. The number of amides is 1. The molecule has 0 saturated carbocycles. The summed E-state index contributed by atoms with van der Waals surface area (Å²) in [5.74, 6) is 0.500. The number of para-hydroxylation sites is 1. The molecule has 1 atom stereocenters. The highest BCUT2D eigenvalue weighted by atomic mass is 16.5. The molecule has 1 amide bonds. The van der Waals surface area contributed by atoms with E-state index < -0.39 is 0 Å². The Hall–Kier alpha value is -3.16. The molecule has 4 rings (SSSR count). The number of aromatic amines is 1. The number of rotatable bonds is 4. The standard InChI is InChI=1S/C18H19N5O3/c1-2-26-15-6-4-3-5-13(15)17(24)22-8-7-12(10-22)23-16-14(21-18(23)25)9-19-11-20-16/h3-6,9,11-12H,2,7-8,10H2,1H3,(H,21,25)/t12-/m0/s1. The summed E-state index contributed by atoms with van der Waals surface area (Å²) in [7, 11) is 0. The molecule has 0 aliphatic carbocycles. The quantitative estimate of drug-likeness (QED) is 0.769. The van der Waals surface area contributed by atoms with Gasteiger partial charge in [-0.25, -0.2) is 14.8 Å². The van der Waals surface area contributed by atoms with E-state index in [0.29, 0.717) is 48.6 Å². The molecule has 1 fully saturated rings. The van der Waals surface area contributed by atoms with Crippen molar-refractivity contribution in [2.24, 2.45) is 0 Å². The lowest BCUT2D eigenvalue weighted by molar-refractivity contribution is 0.0783. The van der Waals surface area contributed by atoms with Gasteiger partial charge < -0.3 is 14.6 Å². The largest absolute Gasteiger partial charge is 0.493 e. The van der Waals surface area contributed by atoms with Gasteiger partial charge in [0, 0.05) is 13.1 Å². The third kappa shape index (κ3) is 2.73. The molecule has 0 unspecified atom stereocenters. The zero-order valence-electron chi connectivity index (χ0n) is 14.4. The van der Waals surface area contributed by atoms with E-state index in [-0.39, 0.29) is 17.6 Å². The molecule has 1 aliphatic rings. The number of hydrogen-bond donors (Lipinski definition) is 1. The van der Waals surface area contributed by atoms with Crippen LogP contribution in [0.2, 0.25) is 0 Å². The van der Waals surface area contributed by atoms with Gasteiger partial charge in [-0.15, -0.1) is 0 Å². The van der Waals surface area contributed by atoms with E-state index >= 15 is 0 Å². The smallest absolute Gasteiger partial charge is 0.328 e. The van der Waals surface area contributed by atoms with Crippen LogP contribution in [0.15, 0.2) is 41.6 Å². The zero-order chi connectivity index (χ0) is 18.1. The van der Waals surface area contributed by atoms with Crippen molar-refractivity contribution in [2.45, 2.75) is 19.4 Å². The van der Waals surface area contributed by atoms with Gasteiger partial charge in [0.25, 0.3) is 5.91 Å². The predicted molar refractivity (Wildman–Crippen MR) is 95.3 cm³/mol. The molecule has 0 spiro atoms. The number of carbonyl (C=O) groups is 1. The van der Waals surface area contributed by atoms with Crippen LogP contribution in [0.5, 0.6) is 5.75 Å². The Labute approximate surface area is 149 Å². The van der Waals surface area contributed by atoms with Crippen molar-refractivity contribution in [1.29, 1.82) is 0 Å². The first kappa shape index (κ1) is 16.3. The molecule has 3 aromatic rings. The molecular weight excluding hydrogens is 334 g/mol. The summed E-state index contributed by atoms with van der Waals surface area (Å²) in [6.07, 6.45) is 3.69. The van der Waals surface area contributed by atoms with Crippen LogP contribution < -0.4 is 10.4 Å². The SMILES string of the molecule is CCOc1ccccc1C(=O)N1CC[C@H](n2c(=O)[nH]c3cncnc32)C1. The van der Waals surface area contributed by atoms with Crippen LogP contribution in [0.1, 0.15) is 29.7 Å². The molecule has 8 heteroatoms. The maximum atomic E-state index is 12.9. The Morgan fingerprint density at radius 1 is 1.38 bits per heavy atom. The zero-order valence-corrected chi connectivity index (χ0v) is 14.4. The van der Waals surface area contributed by atoms with Gasteiger partial charge in [0.05, 0.1) is 24.4 Å². The first-order valence-electron chi connectivity index (χ1n) is 8.60. The average Bonchev–Trinajstić information content (AvgIpc) is 3.25. The van der Waals surface area contributed by atoms with E-state index in [2.05, 4.69) is 15.0 Å². The van der Waals surface area contributed by atoms with E-state index in [1.54, 1.807) is 27.8 Å². The average molecular weight is 353 g/mol. The van der Waals surface area contributed by atoms with Crippen molar-refractivity contribution in [2.75, 3.05) is 19.7 Å². The molecule has 134 valence electrons. The van der Waals surface area contributed by atoms with E-state index in [1.165, 1.54) is 6.33 Å². The monoisotopic (exact) mass is 353 g/mol. The number of nitrogens with one attached hydrogen (secondary N) is 1. The first-order valence-corrected chi connectivity index (χ1v) is 8.60. The predicted octanol–water partition coefficient (Wildman–Crippen LogP) is 1.61. The molecule has 1 aromatic carbocycles. The number of imidazole rings is 1. The first-order chi connectivity index (χ1) is 12.7. The van der Waals surface area contributed by atoms with E-state index in [0.717, 1.165) is 0 Å². The molecule has 1 saturated heterocycles. The van der Waals surface area contributed by atoms with Gasteiger partial charge in [-0.1, -0.05) is 12.1 Å². The van der Waals surface area contributed by atoms with Gasteiger partial charge >= 0.3 is 5.69 Å². The number of nitrogens with zero attached hydrogens (tertiary/aromatic N) is 4.